The van der Waals surface area contributed by atoms with Crippen LogP contribution in [0.1, 0.15) is 16.8 Å². The highest BCUT2D eigenvalue weighted by molar-refractivity contribution is 5.76. The number of aromatic amines is 1. The van der Waals surface area contributed by atoms with Crippen LogP contribution in [0.4, 0.5) is 4.79 Å². The van der Waals surface area contributed by atoms with Gasteiger partial charge in [-0.2, -0.15) is 0 Å². The number of fused-ring (bicyclic) bond motifs is 1. The van der Waals surface area contributed by atoms with Gasteiger partial charge >= 0.3 is 6.03 Å². The first-order valence-corrected chi connectivity index (χ1v) is 11.7. The Hall–Kier alpha value is -3.49. The lowest BCUT2D eigenvalue weighted by Gasteiger charge is -2.31. The zero-order valence-corrected chi connectivity index (χ0v) is 19.1. The van der Waals surface area contributed by atoms with Crippen molar-refractivity contribution < 1.29 is 9.90 Å². The van der Waals surface area contributed by atoms with E-state index in [4.69, 9.17) is 0 Å². The Balaban J connectivity index is 1.12. The highest BCUT2D eigenvalue weighted by Gasteiger charge is 2.30. The first kappa shape index (κ1) is 22.3. The number of nitrogens with zero attached hydrogens (tertiary/aromatic N) is 4. The second kappa shape index (κ2) is 9.79. The summed E-state index contributed by atoms with van der Waals surface area (Å²) < 4.78 is 0. The van der Waals surface area contributed by atoms with Gasteiger partial charge in [-0.25, -0.2) is 4.79 Å². The van der Waals surface area contributed by atoms with Gasteiger partial charge in [-0.05, 0) is 35.2 Å². The molecule has 1 unspecified atom stereocenters. The predicted octanol–water partition coefficient (Wildman–Crippen LogP) is 2.09. The zero-order valence-electron chi connectivity index (χ0n) is 19.1. The highest BCUT2D eigenvalue weighted by Crippen LogP contribution is 2.20. The van der Waals surface area contributed by atoms with Crippen LogP contribution in [-0.4, -0.2) is 74.6 Å². The molecule has 1 aromatic carbocycles. The highest BCUT2D eigenvalue weighted by atomic mass is 16.3. The molecule has 8 heteroatoms. The second-order valence-corrected chi connectivity index (χ2v) is 9.04. The van der Waals surface area contributed by atoms with Gasteiger partial charge < -0.3 is 19.9 Å². The normalized spacial score (nSPS) is 17.1. The second-order valence-electron chi connectivity index (χ2n) is 9.04. The van der Waals surface area contributed by atoms with E-state index < -0.39 is 6.10 Å². The average molecular weight is 460 g/mol. The van der Waals surface area contributed by atoms with E-state index >= 15 is 0 Å². The van der Waals surface area contributed by atoms with E-state index in [9.17, 15) is 14.7 Å². The van der Waals surface area contributed by atoms with Gasteiger partial charge in [-0.1, -0.05) is 30.3 Å². The molecule has 0 aliphatic carbocycles. The number of amides is 2. The number of aliphatic hydroxyl groups is 1. The first-order chi connectivity index (χ1) is 16.5. The maximum atomic E-state index is 12.9. The monoisotopic (exact) mass is 459 g/mol. The Labute approximate surface area is 198 Å². The molecule has 2 aromatic heterocycles. The van der Waals surface area contributed by atoms with Crippen LogP contribution in [0.3, 0.4) is 0 Å². The molecule has 2 amide bonds. The third kappa shape index (κ3) is 5.03. The lowest BCUT2D eigenvalue weighted by molar-refractivity contribution is 0.0812. The standard InChI is InChI=1S/C26H29N5O3/c32-24(17-29-10-9-19-3-1-2-4-22(19)15-29)18-31-12-11-30(26(31)34)16-23-7-5-20(13-27-23)21-6-8-25(33)28-14-21/h1-8,13-14,24,32H,9-12,15-18H2,(H,28,33). The number of hydrogen-bond donors (Lipinski definition) is 2. The zero-order chi connectivity index (χ0) is 23.5. The van der Waals surface area contributed by atoms with E-state index in [1.807, 2.05) is 12.1 Å². The van der Waals surface area contributed by atoms with Gasteiger partial charge in [0.2, 0.25) is 5.56 Å². The molecule has 1 fully saturated rings. The van der Waals surface area contributed by atoms with E-state index in [0.717, 1.165) is 36.3 Å². The fourth-order valence-electron chi connectivity index (χ4n) is 4.74. The number of H-pyrrole nitrogens is 1. The predicted molar refractivity (Wildman–Crippen MR) is 129 cm³/mol. The molecule has 8 nitrogen and oxygen atoms in total. The van der Waals surface area contributed by atoms with E-state index in [1.165, 1.54) is 17.2 Å². The maximum Gasteiger partial charge on any atom is 0.320 e. The number of benzene rings is 1. The molecule has 5 rings (SSSR count). The third-order valence-corrected chi connectivity index (χ3v) is 6.59. The molecule has 34 heavy (non-hydrogen) atoms. The van der Waals surface area contributed by atoms with Crippen molar-refractivity contribution in [1.82, 2.24) is 24.7 Å². The van der Waals surface area contributed by atoms with Crippen molar-refractivity contribution in [3.05, 3.63) is 88.1 Å². The minimum absolute atomic E-state index is 0.0606. The summed E-state index contributed by atoms with van der Waals surface area (Å²) in [5.41, 5.74) is 5.15. The molecule has 1 atom stereocenters. The molecule has 176 valence electrons. The minimum Gasteiger partial charge on any atom is -0.390 e. The van der Waals surface area contributed by atoms with Crippen molar-refractivity contribution in [3.8, 4) is 11.1 Å². The largest absolute Gasteiger partial charge is 0.390 e. The van der Waals surface area contributed by atoms with Gasteiger partial charge in [0.05, 0.1) is 18.3 Å². The number of carbonyl (C=O) groups excluding carboxylic acids is 1. The molecule has 2 aliphatic heterocycles. The molecule has 1 saturated heterocycles. The summed E-state index contributed by atoms with van der Waals surface area (Å²) in [6.07, 6.45) is 3.83. The van der Waals surface area contributed by atoms with Crippen molar-refractivity contribution in [1.29, 1.82) is 0 Å². The van der Waals surface area contributed by atoms with Crippen molar-refractivity contribution in [2.24, 2.45) is 0 Å². The Morgan fingerprint density at radius 1 is 0.912 bits per heavy atom. The molecular formula is C26H29N5O3. The number of aliphatic hydroxyl groups excluding tert-OH is 1. The maximum absolute atomic E-state index is 12.9. The molecule has 2 N–H and O–H groups in total. The van der Waals surface area contributed by atoms with Crippen molar-refractivity contribution in [2.45, 2.75) is 25.6 Å². The van der Waals surface area contributed by atoms with Crippen LogP contribution in [0.15, 0.2) is 65.7 Å². The first-order valence-electron chi connectivity index (χ1n) is 11.7. The fourth-order valence-corrected chi connectivity index (χ4v) is 4.74. The number of hydrogen-bond acceptors (Lipinski definition) is 5. The van der Waals surface area contributed by atoms with Crippen LogP contribution in [-0.2, 0) is 19.5 Å². The van der Waals surface area contributed by atoms with Crippen molar-refractivity contribution >= 4 is 6.03 Å². The quantitative estimate of drug-likeness (QED) is 0.565. The molecule has 0 saturated carbocycles. The van der Waals surface area contributed by atoms with Crippen LogP contribution in [0.5, 0.6) is 0 Å². The number of rotatable bonds is 7. The fraction of sp³-hybridized carbons (Fsp3) is 0.346. The summed E-state index contributed by atoms with van der Waals surface area (Å²) >= 11 is 0. The number of nitrogens with one attached hydrogen (secondary N) is 1. The summed E-state index contributed by atoms with van der Waals surface area (Å²) in [4.78, 5) is 37.1. The van der Waals surface area contributed by atoms with Gasteiger partial charge in [-0.15, -0.1) is 0 Å². The molecule has 0 radical (unpaired) electrons. The number of β-amino-alcohol motifs (C(OH)–C–C–N with tert-alkyl or cyclic N) is 1. The number of carbonyl (C=O) groups is 1. The van der Waals surface area contributed by atoms with Crippen molar-refractivity contribution in [3.63, 3.8) is 0 Å². The van der Waals surface area contributed by atoms with Gasteiger partial charge in [0.15, 0.2) is 0 Å². The van der Waals surface area contributed by atoms with Crippen LogP contribution in [0.25, 0.3) is 11.1 Å². The number of urea groups is 1. The molecule has 4 heterocycles. The van der Waals surface area contributed by atoms with Crippen molar-refractivity contribution in [2.75, 3.05) is 32.7 Å². The SMILES string of the molecule is O=C1N(Cc2ccc(-c3ccc(=O)[nH]c3)cn2)CCN1CC(O)CN1CCc2ccccc2C1. The summed E-state index contributed by atoms with van der Waals surface area (Å²) in [6, 6.07) is 15.5. The Kier molecular flexibility index (Phi) is 6.42. The minimum atomic E-state index is -0.580. The number of aromatic nitrogens is 2. The lowest BCUT2D eigenvalue weighted by atomic mass is 10.00. The Bertz CT molecular complexity index is 1190. The third-order valence-electron chi connectivity index (χ3n) is 6.59. The van der Waals surface area contributed by atoms with Crippen LogP contribution < -0.4 is 5.56 Å². The van der Waals surface area contributed by atoms with E-state index in [0.29, 0.717) is 32.7 Å². The molecule has 3 aromatic rings. The van der Waals surface area contributed by atoms with E-state index in [-0.39, 0.29) is 11.6 Å². The van der Waals surface area contributed by atoms with E-state index in [2.05, 4.69) is 39.1 Å². The van der Waals surface area contributed by atoms with Crippen LogP contribution in [0, 0.1) is 0 Å². The van der Waals surface area contributed by atoms with Gasteiger partial charge in [0.1, 0.15) is 0 Å². The van der Waals surface area contributed by atoms with Crippen LogP contribution in [0.2, 0.25) is 0 Å². The van der Waals surface area contributed by atoms with Gasteiger partial charge in [0.25, 0.3) is 0 Å². The Morgan fingerprint density at radius 2 is 1.71 bits per heavy atom. The number of pyridine rings is 2. The van der Waals surface area contributed by atoms with Crippen LogP contribution >= 0.6 is 0 Å². The van der Waals surface area contributed by atoms with Gasteiger partial charge in [-0.3, -0.25) is 14.7 Å². The summed E-state index contributed by atoms with van der Waals surface area (Å²) in [6.45, 7) is 4.32. The Morgan fingerprint density at radius 3 is 2.47 bits per heavy atom. The lowest BCUT2D eigenvalue weighted by Crippen LogP contribution is -2.43. The summed E-state index contributed by atoms with van der Waals surface area (Å²) in [5, 5.41) is 10.7. The molecule has 0 bridgehead atoms. The van der Waals surface area contributed by atoms with E-state index in [1.54, 1.807) is 28.3 Å². The smallest absolute Gasteiger partial charge is 0.320 e. The summed E-state index contributed by atoms with van der Waals surface area (Å²) in [5.74, 6) is 0. The molecule has 0 spiro atoms. The molecule has 2 aliphatic rings. The summed E-state index contributed by atoms with van der Waals surface area (Å²) in [7, 11) is 0. The average Bonchev–Trinajstić information content (AvgIpc) is 3.18. The molecular weight excluding hydrogens is 430 g/mol. The topological polar surface area (TPSA) is 92.8 Å². The van der Waals surface area contributed by atoms with Gasteiger partial charge in [0, 0.05) is 63.3 Å².